The zero-order valence-electron chi connectivity index (χ0n) is 23.7. The number of carbonyl (C=O) groups excluding carboxylic acids is 2. The molecule has 37 heavy (non-hydrogen) atoms. The molecular formula is C30H46N2O4S. The molecule has 0 spiro atoms. The maximum atomic E-state index is 13.6. The van der Waals surface area contributed by atoms with Gasteiger partial charge in [0.1, 0.15) is 0 Å². The van der Waals surface area contributed by atoms with Gasteiger partial charge in [-0.05, 0) is 62.9 Å². The van der Waals surface area contributed by atoms with Crippen LogP contribution in [0.5, 0.6) is 11.5 Å². The molecule has 1 atom stereocenters. The quantitative estimate of drug-likeness (QED) is 0.215. The number of amides is 2. The molecule has 0 radical (unpaired) electrons. The van der Waals surface area contributed by atoms with E-state index >= 15 is 0 Å². The highest BCUT2D eigenvalue weighted by atomic mass is 32.1. The molecule has 1 aromatic heterocycles. The summed E-state index contributed by atoms with van der Waals surface area (Å²) in [6.07, 6.45) is 7.53. The van der Waals surface area contributed by atoms with Crippen molar-refractivity contribution < 1.29 is 19.1 Å². The first kappa shape index (κ1) is 30.7. The molecule has 0 bridgehead atoms. The Morgan fingerprint density at radius 3 is 2.30 bits per heavy atom. The fourth-order valence-corrected chi connectivity index (χ4v) is 5.24. The smallest absolute Gasteiger partial charge is 0.242 e. The minimum absolute atomic E-state index is 0.00818. The van der Waals surface area contributed by atoms with E-state index in [1.54, 1.807) is 30.5 Å². The van der Waals surface area contributed by atoms with Gasteiger partial charge in [-0.25, -0.2) is 0 Å². The first-order chi connectivity index (χ1) is 17.8. The monoisotopic (exact) mass is 530 g/mol. The summed E-state index contributed by atoms with van der Waals surface area (Å²) in [7, 11) is 3.25. The lowest BCUT2D eigenvalue weighted by atomic mass is 10.1. The van der Waals surface area contributed by atoms with E-state index in [9.17, 15) is 9.59 Å². The van der Waals surface area contributed by atoms with Gasteiger partial charge in [-0.15, -0.1) is 11.3 Å². The van der Waals surface area contributed by atoms with Gasteiger partial charge in [0.15, 0.2) is 11.5 Å². The van der Waals surface area contributed by atoms with E-state index < -0.39 is 0 Å². The molecule has 0 fully saturated rings. The Hall–Kier alpha value is -2.54. The summed E-state index contributed by atoms with van der Waals surface area (Å²) in [5.41, 5.74) is 1.07. The predicted molar refractivity (Wildman–Crippen MR) is 153 cm³/mol. The van der Waals surface area contributed by atoms with Crippen molar-refractivity contribution in [2.75, 3.05) is 27.3 Å². The lowest BCUT2D eigenvalue weighted by Crippen LogP contribution is -2.46. The van der Waals surface area contributed by atoms with Crippen LogP contribution in [0.4, 0.5) is 0 Å². The number of methoxy groups -OCH3 is 2. The van der Waals surface area contributed by atoms with Crippen molar-refractivity contribution in [1.82, 2.24) is 9.80 Å². The van der Waals surface area contributed by atoms with Crippen molar-refractivity contribution in [1.29, 1.82) is 0 Å². The normalized spacial score (nSPS) is 11.7. The van der Waals surface area contributed by atoms with E-state index in [2.05, 4.69) is 32.9 Å². The molecule has 0 N–H and O–H groups in total. The van der Waals surface area contributed by atoms with Crippen LogP contribution in [0.15, 0.2) is 30.3 Å². The van der Waals surface area contributed by atoms with Crippen LogP contribution >= 0.6 is 11.3 Å². The molecule has 0 saturated carbocycles. The third-order valence-electron chi connectivity index (χ3n) is 6.86. The molecule has 2 aromatic rings. The van der Waals surface area contributed by atoms with Gasteiger partial charge in [0.05, 0.1) is 27.3 Å². The second-order valence-electron chi connectivity index (χ2n) is 9.71. The van der Waals surface area contributed by atoms with Crippen LogP contribution in [0.2, 0.25) is 0 Å². The van der Waals surface area contributed by atoms with Gasteiger partial charge >= 0.3 is 0 Å². The number of benzene rings is 1. The summed E-state index contributed by atoms with van der Waals surface area (Å²) in [4.78, 5) is 32.8. The number of nitrogens with zero attached hydrogens (tertiary/aromatic N) is 2. The largest absolute Gasteiger partial charge is 0.493 e. The van der Waals surface area contributed by atoms with Gasteiger partial charge in [0.2, 0.25) is 11.8 Å². The highest BCUT2D eigenvalue weighted by Crippen LogP contribution is 2.28. The first-order valence-corrected chi connectivity index (χ1v) is 14.5. The van der Waals surface area contributed by atoms with Gasteiger partial charge in [0.25, 0.3) is 0 Å². The Morgan fingerprint density at radius 2 is 1.68 bits per heavy atom. The summed E-state index contributed by atoms with van der Waals surface area (Å²) in [5.74, 6) is 1.45. The molecule has 7 heteroatoms. The van der Waals surface area contributed by atoms with Crippen LogP contribution in [0.25, 0.3) is 0 Å². The van der Waals surface area contributed by atoms with Gasteiger partial charge in [-0.3, -0.25) is 9.59 Å². The standard InChI is InChI=1S/C30H46N2O4S/c1-7-9-10-11-12-13-29(33)32(23(3)8-2)22-30(34)31(21-26-16-14-24(4)37-26)19-18-25-15-17-27(35-5)28(20-25)36-6/h14-17,20,23H,7-13,18-19,21-22H2,1-6H3. The van der Waals surface area contributed by atoms with Crippen LogP contribution in [-0.2, 0) is 22.6 Å². The van der Waals surface area contributed by atoms with Crippen molar-refractivity contribution >= 4 is 23.2 Å². The average molecular weight is 531 g/mol. The molecule has 0 aliphatic carbocycles. The number of carbonyl (C=O) groups is 2. The van der Waals surface area contributed by atoms with E-state index in [0.717, 1.165) is 36.1 Å². The number of ether oxygens (including phenoxy) is 2. The van der Waals surface area contributed by atoms with E-state index in [0.29, 0.717) is 37.4 Å². The minimum atomic E-state index is -0.00818. The molecule has 0 aliphatic heterocycles. The predicted octanol–water partition coefficient (Wildman–Crippen LogP) is 6.63. The Kier molecular flexibility index (Phi) is 13.5. The minimum Gasteiger partial charge on any atom is -0.493 e. The number of thiophene rings is 1. The number of hydrogen-bond acceptors (Lipinski definition) is 5. The van der Waals surface area contributed by atoms with Crippen molar-refractivity contribution in [2.24, 2.45) is 0 Å². The third kappa shape index (κ3) is 10.0. The fourth-order valence-electron chi connectivity index (χ4n) is 4.33. The summed E-state index contributed by atoms with van der Waals surface area (Å²) < 4.78 is 10.8. The van der Waals surface area contributed by atoms with Crippen molar-refractivity contribution in [2.45, 2.75) is 91.6 Å². The van der Waals surface area contributed by atoms with E-state index in [-0.39, 0.29) is 24.4 Å². The maximum absolute atomic E-state index is 13.6. The zero-order valence-corrected chi connectivity index (χ0v) is 24.5. The van der Waals surface area contributed by atoms with Crippen molar-refractivity contribution in [3.63, 3.8) is 0 Å². The average Bonchev–Trinajstić information content (AvgIpc) is 3.32. The van der Waals surface area contributed by atoms with Gasteiger partial charge < -0.3 is 19.3 Å². The van der Waals surface area contributed by atoms with Crippen molar-refractivity contribution in [3.8, 4) is 11.5 Å². The highest BCUT2D eigenvalue weighted by Gasteiger charge is 2.25. The first-order valence-electron chi connectivity index (χ1n) is 13.7. The number of unbranched alkanes of at least 4 members (excludes halogenated alkanes) is 4. The van der Waals surface area contributed by atoms with Crippen LogP contribution in [0.1, 0.15) is 81.0 Å². The fraction of sp³-hybridized carbons (Fsp3) is 0.600. The van der Waals surface area contributed by atoms with Crippen molar-refractivity contribution in [3.05, 3.63) is 45.6 Å². The Balaban J connectivity index is 2.13. The van der Waals surface area contributed by atoms with Gasteiger partial charge in [0, 0.05) is 28.8 Å². The van der Waals surface area contributed by atoms with E-state index in [4.69, 9.17) is 9.47 Å². The topological polar surface area (TPSA) is 59.1 Å². The molecule has 0 aliphatic rings. The second-order valence-corrected chi connectivity index (χ2v) is 11.1. The SMILES string of the molecule is CCCCCCCC(=O)N(CC(=O)N(CCc1ccc(OC)c(OC)c1)Cc1ccc(C)s1)C(C)CC. The molecule has 2 amide bonds. The summed E-state index contributed by atoms with van der Waals surface area (Å²) in [5, 5.41) is 0. The van der Waals surface area contributed by atoms with Gasteiger partial charge in [-0.2, -0.15) is 0 Å². The molecule has 6 nitrogen and oxygen atoms in total. The molecule has 2 rings (SSSR count). The molecule has 1 aromatic carbocycles. The lowest BCUT2D eigenvalue weighted by molar-refractivity contribution is -0.142. The number of hydrogen-bond donors (Lipinski definition) is 0. The molecule has 206 valence electrons. The lowest BCUT2D eigenvalue weighted by Gasteiger charge is -2.31. The van der Waals surface area contributed by atoms with E-state index in [1.807, 2.05) is 30.0 Å². The van der Waals surface area contributed by atoms with Crippen LogP contribution in [0, 0.1) is 6.92 Å². The van der Waals surface area contributed by atoms with Gasteiger partial charge in [-0.1, -0.05) is 45.6 Å². The summed E-state index contributed by atoms with van der Waals surface area (Å²) in [6.45, 7) is 9.61. The molecule has 0 saturated heterocycles. The highest BCUT2D eigenvalue weighted by molar-refractivity contribution is 7.11. The zero-order chi connectivity index (χ0) is 27.2. The maximum Gasteiger partial charge on any atom is 0.242 e. The Morgan fingerprint density at radius 1 is 0.946 bits per heavy atom. The number of aryl methyl sites for hydroxylation is 1. The van der Waals surface area contributed by atoms with E-state index in [1.165, 1.54) is 17.7 Å². The number of rotatable bonds is 17. The molecular weight excluding hydrogens is 484 g/mol. The second kappa shape index (κ2) is 16.3. The van der Waals surface area contributed by atoms with Crippen LogP contribution in [0.3, 0.4) is 0 Å². The van der Waals surface area contributed by atoms with Crippen LogP contribution in [-0.4, -0.2) is 55.0 Å². The summed E-state index contributed by atoms with van der Waals surface area (Å²) in [6, 6.07) is 10.1. The Bertz CT molecular complexity index is 974. The molecule has 1 heterocycles. The molecule has 1 unspecified atom stereocenters. The Labute approximate surface area is 227 Å². The van der Waals surface area contributed by atoms with Crippen LogP contribution < -0.4 is 9.47 Å². The summed E-state index contributed by atoms with van der Waals surface area (Å²) >= 11 is 1.71. The third-order valence-corrected chi connectivity index (χ3v) is 7.84.